The number of thioether (sulfide) groups is 1. The van der Waals surface area contributed by atoms with E-state index < -0.39 is 15.8 Å². The molecule has 0 aliphatic carbocycles. The van der Waals surface area contributed by atoms with Crippen molar-refractivity contribution in [2.24, 2.45) is 0 Å². The topological polar surface area (TPSA) is 85.6 Å². The van der Waals surface area contributed by atoms with E-state index >= 15 is 0 Å². The second-order valence-corrected chi connectivity index (χ2v) is 9.05. The maximum atomic E-state index is 12.9. The van der Waals surface area contributed by atoms with Crippen molar-refractivity contribution in [2.75, 3.05) is 0 Å². The lowest BCUT2D eigenvalue weighted by Crippen LogP contribution is -2.47. The lowest BCUT2D eigenvalue weighted by molar-refractivity contribution is -0.524. The van der Waals surface area contributed by atoms with Gasteiger partial charge in [0.2, 0.25) is 0 Å². The van der Waals surface area contributed by atoms with Crippen molar-refractivity contribution in [3.05, 3.63) is 75.2 Å². The third-order valence-electron chi connectivity index (χ3n) is 4.22. The van der Waals surface area contributed by atoms with Gasteiger partial charge in [0.25, 0.3) is 6.17 Å². The summed E-state index contributed by atoms with van der Waals surface area (Å²) in [5, 5.41) is 23.5. The molecule has 1 aromatic heterocycles. The van der Waals surface area contributed by atoms with Gasteiger partial charge in [0, 0.05) is 6.08 Å². The van der Waals surface area contributed by atoms with E-state index in [1.165, 1.54) is 42.3 Å². The number of hydrogen-bond donors (Lipinski definition) is 0. The van der Waals surface area contributed by atoms with Crippen LogP contribution in [0.25, 0.3) is 6.08 Å². The molecule has 1 aliphatic rings. The summed E-state index contributed by atoms with van der Waals surface area (Å²) in [6, 6.07) is 12.6. The van der Waals surface area contributed by atoms with Crippen LogP contribution < -0.4 is 0 Å². The minimum absolute atomic E-state index is 0.299. The van der Waals surface area contributed by atoms with Crippen molar-refractivity contribution in [3.8, 4) is 0 Å². The molecular weight excluding hydrogens is 398 g/mol. The molecule has 0 N–H and O–H groups in total. The highest BCUT2D eigenvalue weighted by molar-refractivity contribution is 8.24. The van der Waals surface area contributed by atoms with E-state index in [2.05, 4.69) is 0 Å². The molecule has 0 spiro atoms. The van der Waals surface area contributed by atoms with Crippen LogP contribution in [0.5, 0.6) is 0 Å². The van der Waals surface area contributed by atoms with Gasteiger partial charge in [-0.1, -0.05) is 54.3 Å². The van der Waals surface area contributed by atoms with Gasteiger partial charge >= 0.3 is 5.88 Å². The fourth-order valence-corrected chi connectivity index (χ4v) is 4.90. The van der Waals surface area contributed by atoms with Gasteiger partial charge in [-0.3, -0.25) is 15.0 Å². The number of hydroxylamine groups is 1. The average Bonchev–Trinajstić information content (AvgIpc) is 3.18. The van der Waals surface area contributed by atoms with Crippen molar-refractivity contribution in [2.45, 2.75) is 31.3 Å². The van der Waals surface area contributed by atoms with Gasteiger partial charge in [0.15, 0.2) is 6.21 Å². The highest BCUT2D eigenvalue weighted by atomic mass is 32.2. The molecule has 7 nitrogen and oxygen atoms in total. The largest absolute Gasteiger partial charge is 0.622 e. The quantitative estimate of drug-likeness (QED) is 0.172. The van der Waals surface area contributed by atoms with E-state index in [-0.39, 0.29) is 5.88 Å². The van der Waals surface area contributed by atoms with Crippen LogP contribution >= 0.6 is 24.0 Å². The maximum absolute atomic E-state index is 12.9. The Hall–Kier alpha value is -2.65. The molecule has 0 radical (unpaired) electrons. The van der Waals surface area contributed by atoms with Crippen LogP contribution in [0.2, 0.25) is 0 Å². The number of nitrogens with zero attached hydrogens (tertiary/aromatic N) is 3. The normalized spacial score (nSPS) is 19.5. The summed E-state index contributed by atoms with van der Waals surface area (Å²) < 4.78 is 6.19. The van der Waals surface area contributed by atoms with Crippen molar-refractivity contribution in [3.63, 3.8) is 0 Å². The monoisotopic (exact) mass is 417 g/mol. The van der Waals surface area contributed by atoms with Gasteiger partial charge in [-0.25, -0.2) is 0 Å². The van der Waals surface area contributed by atoms with Crippen molar-refractivity contribution < 1.29 is 14.1 Å². The first-order chi connectivity index (χ1) is 13.3. The molecule has 1 aliphatic heterocycles. The Balaban J connectivity index is 1.80. The molecule has 2 heterocycles. The molecule has 28 heavy (non-hydrogen) atoms. The second kappa shape index (κ2) is 8.15. The first-order valence-electron chi connectivity index (χ1n) is 8.53. The second-order valence-electron chi connectivity index (χ2n) is 6.76. The Bertz CT molecular complexity index is 938. The number of thiocarbonyl (C=S) groups is 1. The Kier molecular flexibility index (Phi) is 5.85. The molecule has 1 atom stereocenters. The predicted octanol–water partition coefficient (Wildman–Crippen LogP) is 4.42. The van der Waals surface area contributed by atoms with Crippen LogP contribution in [0.1, 0.15) is 25.2 Å². The summed E-state index contributed by atoms with van der Waals surface area (Å²) in [6.45, 7) is 4.51. The molecule has 0 bridgehead atoms. The Morgan fingerprint density at radius 1 is 1.25 bits per heavy atom. The van der Waals surface area contributed by atoms with Crippen molar-refractivity contribution in [1.29, 1.82) is 0 Å². The summed E-state index contributed by atoms with van der Waals surface area (Å²) in [7, 11) is 0. The molecule has 3 rings (SSSR count). The molecule has 0 amide bonds. The van der Waals surface area contributed by atoms with Crippen LogP contribution in [0.3, 0.4) is 0 Å². The number of rotatable bonds is 6. The minimum atomic E-state index is -0.609. The Morgan fingerprint density at radius 2 is 1.96 bits per heavy atom. The summed E-state index contributed by atoms with van der Waals surface area (Å²) in [5.74, 6) is -0.0422. The molecule has 9 heteroatoms. The molecule has 146 valence electrons. The maximum Gasteiger partial charge on any atom is 0.433 e. The van der Waals surface area contributed by atoms with E-state index in [0.29, 0.717) is 16.6 Å². The molecular formula is C19H19N3O4S2. The SMILES string of the molecule is CC1(C)SC(=S)N(Cc2ccccc2)C1[N+]([O-])=CC=Cc1ccc([N+](=O)[O-])o1. The zero-order chi connectivity index (χ0) is 20.3. The lowest BCUT2D eigenvalue weighted by Gasteiger charge is -2.29. The predicted molar refractivity (Wildman–Crippen MR) is 114 cm³/mol. The van der Waals surface area contributed by atoms with Crippen molar-refractivity contribution in [1.82, 2.24) is 4.90 Å². The van der Waals surface area contributed by atoms with Gasteiger partial charge in [-0.2, -0.15) is 4.74 Å². The highest BCUT2D eigenvalue weighted by Crippen LogP contribution is 2.42. The number of furan rings is 1. The van der Waals surface area contributed by atoms with E-state index in [4.69, 9.17) is 16.6 Å². The zero-order valence-electron chi connectivity index (χ0n) is 15.3. The third kappa shape index (κ3) is 4.42. The Labute approximate surface area is 172 Å². The van der Waals surface area contributed by atoms with Gasteiger partial charge in [-0.15, -0.1) is 0 Å². The minimum Gasteiger partial charge on any atom is -0.622 e. The summed E-state index contributed by atoms with van der Waals surface area (Å²) in [6.07, 6.45) is 3.92. The molecule has 1 saturated heterocycles. The first kappa shape index (κ1) is 20.1. The summed E-state index contributed by atoms with van der Waals surface area (Å²) >= 11 is 7.01. The Morgan fingerprint density at radius 3 is 2.61 bits per heavy atom. The van der Waals surface area contributed by atoms with Crippen molar-refractivity contribution >= 4 is 46.5 Å². The number of allylic oxidation sites excluding steroid dienone is 1. The molecule has 1 aromatic carbocycles. The standard InChI is InChI=1S/C19H19N3O4S2/c1-19(2)17(20(18(27)28-19)13-14-7-4-3-5-8-14)21(23)12-6-9-15-10-11-16(26-15)22(24)25/h3-12,17H,13H2,1-2H3. The van der Waals surface area contributed by atoms with Crippen LogP contribution in [0, 0.1) is 15.3 Å². The molecule has 1 unspecified atom stereocenters. The highest BCUT2D eigenvalue weighted by Gasteiger charge is 2.50. The van der Waals surface area contributed by atoms with E-state index in [9.17, 15) is 15.3 Å². The van der Waals surface area contributed by atoms with Gasteiger partial charge < -0.3 is 9.62 Å². The fraction of sp³-hybridized carbons (Fsp3) is 0.263. The van der Waals surface area contributed by atoms with Crippen LogP contribution in [-0.2, 0) is 6.54 Å². The summed E-state index contributed by atoms with van der Waals surface area (Å²) in [4.78, 5) is 12.0. The molecule has 0 saturated carbocycles. The van der Waals surface area contributed by atoms with E-state index in [1.54, 1.807) is 0 Å². The smallest absolute Gasteiger partial charge is 0.433 e. The first-order valence-corrected chi connectivity index (χ1v) is 9.75. The molecule has 1 fully saturated rings. The van der Waals surface area contributed by atoms with Gasteiger partial charge in [-0.05, 0) is 31.6 Å². The fourth-order valence-electron chi connectivity index (χ4n) is 3.02. The van der Waals surface area contributed by atoms with Gasteiger partial charge in [0.05, 0.1) is 12.6 Å². The van der Waals surface area contributed by atoms with Gasteiger partial charge in [0.1, 0.15) is 19.8 Å². The number of hydrogen-bond acceptors (Lipinski definition) is 6. The lowest BCUT2D eigenvalue weighted by atomic mass is 10.1. The molecule has 2 aromatic rings. The van der Waals surface area contributed by atoms with E-state index in [1.807, 2.05) is 49.1 Å². The van der Waals surface area contributed by atoms with E-state index in [0.717, 1.165) is 10.3 Å². The average molecular weight is 418 g/mol. The zero-order valence-corrected chi connectivity index (χ0v) is 17.0. The third-order valence-corrected chi connectivity index (χ3v) is 5.86. The number of benzene rings is 1. The van der Waals surface area contributed by atoms with Crippen LogP contribution in [0.15, 0.2) is 53.0 Å². The number of nitro groups is 1. The van der Waals surface area contributed by atoms with Crippen LogP contribution in [-0.4, -0.2) is 36.0 Å². The summed E-state index contributed by atoms with van der Waals surface area (Å²) in [5.41, 5.74) is 1.07. The van der Waals surface area contributed by atoms with Crippen LogP contribution in [0.4, 0.5) is 5.88 Å².